The van der Waals surface area contributed by atoms with E-state index in [0.29, 0.717) is 62.7 Å². The van der Waals surface area contributed by atoms with Gasteiger partial charge in [0.05, 0.1) is 84.3 Å². The normalized spacial score (nSPS) is 13.8. The summed E-state index contributed by atoms with van der Waals surface area (Å²) in [4.78, 5) is 142. The van der Waals surface area contributed by atoms with E-state index in [1.165, 1.54) is 89.9 Å². The lowest BCUT2D eigenvalue weighted by Gasteiger charge is -2.22. The van der Waals surface area contributed by atoms with Gasteiger partial charge in [-0.1, -0.05) is 271 Å². The van der Waals surface area contributed by atoms with Gasteiger partial charge in [-0.15, -0.1) is 0 Å². The third-order valence-corrected chi connectivity index (χ3v) is 23.7. The average molecular weight is 1870 g/mol. The molecule has 5 amide bonds. The molecular weight excluding hydrogens is 1690 g/mol. The molecule has 6 atom stereocenters. The van der Waals surface area contributed by atoms with Crippen LogP contribution in [0.3, 0.4) is 0 Å². The summed E-state index contributed by atoms with van der Waals surface area (Å²) in [5.41, 5.74) is -0.220. The van der Waals surface area contributed by atoms with Crippen LogP contribution in [0.25, 0.3) is 0 Å². The van der Waals surface area contributed by atoms with Gasteiger partial charge in [0, 0.05) is 51.6 Å². The lowest BCUT2D eigenvalue weighted by atomic mass is 9.97. The first-order valence-electron chi connectivity index (χ1n) is 50.1. The van der Waals surface area contributed by atoms with Gasteiger partial charge >= 0.3 is 33.7 Å². The third kappa shape index (κ3) is 76.1. The number of carbonyl (C=O) groups excluding carboxylic acids is 9. The van der Waals surface area contributed by atoms with E-state index in [1.54, 1.807) is 45.0 Å². The van der Waals surface area contributed by atoms with Crippen molar-refractivity contribution in [3.8, 4) is 5.75 Å². The van der Waals surface area contributed by atoms with E-state index in [9.17, 15) is 62.1 Å². The van der Waals surface area contributed by atoms with E-state index in [-0.39, 0.29) is 95.2 Å². The zero-order valence-corrected chi connectivity index (χ0v) is 83.1. The van der Waals surface area contributed by atoms with Gasteiger partial charge in [-0.25, -0.2) is 13.9 Å². The van der Waals surface area contributed by atoms with Crippen molar-refractivity contribution >= 4 is 68.9 Å². The van der Waals surface area contributed by atoms with E-state index < -0.39 is 134 Å². The molecule has 0 saturated heterocycles. The minimum atomic E-state index is -4.97. The minimum Gasteiger partial charge on any atom is -0.492 e. The van der Waals surface area contributed by atoms with E-state index in [0.717, 1.165) is 154 Å². The summed E-state index contributed by atoms with van der Waals surface area (Å²) in [6.07, 6.45) is 52.6. The highest BCUT2D eigenvalue weighted by atomic mass is 31.2. The number of benzene rings is 1. The maximum Gasteiger partial charge on any atom is 0.472 e. The molecule has 28 nitrogen and oxygen atoms in total. The summed E-state index contributed by atoms with van der Waals surface area (Å²) < 4.78 is 83.9. The number of ether oxygens (including phenoxy) is 6. The van der Waals surface area contributed by atoms with Gasteiger partial charge in [-0.05, 0) is 135 Å². The van der Waals surface area contributed by atoms with E-state index >= 15 is 0 Å². The number of nitrogens with one attached hydrogen (secondary N) is 5. The van der Waals surface area contributed by atoms with Crippen molar-refractivity contribution in [3.63, 3.8) is 0 Å². The van der Waals surface area contributed by atoms with Crippen LogP contribution in [0, 0.1) is 5.92 Å². The lowest BCUT2D eigenvalue weighted by Crippen LogP contribution is -2.44. The van der Waals surface area contributed by atoms with Gasteiger partial charge in [0.1, 0.15) is 47.6 Å². The van der Waals surface area contributed by atoms with Gasteiger partial charge in [0.25, 0.3) is 0 Å². The first kappa shape index (κ1) is 121. The number of hydrogen-bond acceptors (Lipinski definition) is 21. The van der Waals surface area contributed by atoms with Crippen LogP contribution in [0.4, 0.5) is 4.79 Å². The molecule has 0 aliphatic heterocycles. The molecule has 129 heavy (non-hydrogen) atoms. The summed E-state index contributed by atoms with van der Waals surface area (Å²) >= 11 is 0. The Morgan fingerprint density at radius 1 is 0.380 bits per heavy atom. The number of phosphoric ester groups is 2. The Labute approximate surface area is 777 Å². The van der Waals surface area contributed by atoms with Crippen molar-refractivity contribution in [2.45, 2.75) is 433 Å². The molecule has 0 aliphatic carbocycles. The maximum atomic E-state index is 14.2. The van der Waals surface area contributed by atoms with Gasteiger partial charge in [0.2, 0.25) is 23.6 Å². The zero-order chi connectivity index (χ0) is 95.0. The summed E-state index contributed by atoms with van der Waals surface area (Å²) in [5.74, 6) is -5.17. The number of ketones is 2. The quantitative estimate of drug-likeness (QED) is 0.00795. The Morgan fingerprint density at radius 3 is 1.09 bits per heavy atom. The number of alkyl carbamates (subject to hydrolysis) is 1. The molecule has 746 valence electrons. The fourth-order valence-corrected chi connectivity index (χ4v) is 15.8. The molecule has 0 saturated carbocycles. The zero-order valence-electron chi connectivity index (χ0n) is 81.3. The van der Waals surface area contributed by atoms with E-state index in [1.807, 2.05) is 0 Å². The largest absolute Gasteiger partial charge is 0.492 e. The third-order valence-electron chi connectivity index (χ3n) is 21.7. The van der Waals surface area contributed by atoms with Crippen LogP contribution < -0.4 is 31.3 Å². The Balaban J connectivity index is 3.39. The predicted molar refractivity (Wildman–Crippen MR) is 511 cm³/mol. The molecule has 0 radical (unpaired) electrons. The molecule has 0 aliphatic rings. The Morgan fingerprint density at radius 2 is 0.721 bits per heavy atom. The average Bonchev–Trinajstić information content (AvgIpc) is 0.856. The van der Waals surface area contributed by atoms with E-state index in [4.69, 9.17) is 46.5 Å². The predicted octanol–water partition coefficient (Wildman–Crippen LogP) is 21.7. The smallest absolute Gasteiger partial charge is 0.472 e. The number of amides is 5. The molecule has 1 aromatic carbocycles. The SMILES string of the molecule is CCCCCC/C=C\CCCC(=O)O[C@H](CCCCCCC)CCOCC(COP(=O)(O)OCCNC(=O)C(Cc1ccc(OCCNC(=O)OC(C)(C)C)cc1)C(=O)NCCOP(=O)(O)OCC(COCC[C@@H](CCCCCCC)OC(=O)CCC/C=C\CCCCCC)NC(=O)CC(=O)CCCCCCCCCCC)NC(=O)CC(=O)CCCCCCCCCCC. The van der Waals surface area contributed by atoms with Crippen LogP contribution in [0.15, 0.2) is 48.6 Å². The van der Waals surface area contributed by atoms with Crippen LogP contribution in [0.5, 0.6) is 5.75 Å². The number of allylic oxidation sites excluding steroid dienone is 4. The summed E-state index contributed by atoms with van der Waals surface area (Å²) in [6, 6.07) is 4.34. The monoisotopic (exact) mass is 1870 g/mol. The Bertz CT molecular complexity index is 3050. The highest BCUT2D eigenvalue weighted by Crippen LogP contribution is 2.44. The standard InChI is InChI=1S/C99H177N5O23P2/c1-10-16-22-28-32-36-40-46-50-56-86(105)77-92(107)103-84(79-118-71-66-89(58-52-44-26-20-14-5)125-94(109)60-54-48-42-38-34-30-24-18-12-3)81-123-128(114,115)121-74-69-100-96(111)91(76-83-62-64-88(65-63-83)120-73-68-102-98(113)127-99(7,8)9)97(112)101-70-75-122-129(116,117)124-82-85(104-93(108)78-87(106)57-51-47-41-37-33-29-23-17-11-2)80-119-72-67-90(59-53-45-27-21-15-6)126-95(110)61-55-49-43-39-35-31-25-19-13-4/h38-39,42-43,62-65,84-85,89-91H,10-37,40-41,44-61,66-82H2,1-9H3,(H,100,111)(H,101,112)(H,102,113)(H,103,107)(H,104,108)(H,114,115)(H,116,117)/b42-38-,43-39-/t84?,85?,89-,90-,91?/m1/s1. The van der Waals surface area contributed by atoms with Crippen LogP contribution >= 0.6 is 15.6 Å². The van der Waals surface area contributed by atoms with Crippen molar-refractivity contribution in [1.29, 1.82) is 0 Å². The van der Waals surface area contributed by atoms with Crippen LogP contribution in [0.1, 0.15) is 402 Å². The lowest BCUT2D eigenvalue weighted by molar-refractivity contribution is -0.151. The number of carbonyl (C=O) groups is 9. The summed E-state index contributed by atoms with van der Waals surface area (Å²) in [6.45, 7) is 14.9. The number of phosphoric acid groups is 2. The van der Waals surface area contributed by atoms with Crippen molar-refractivity contribution in [2.24, 2.45) is 5.92 Å². The number of esters is 2. The number of rotatable bonds is 90. The summed E-state index contributed by atoms with van der Waals surface area (Å²) in [7, 11) is -9.93. The Hall–Kier alpha value is -5.93. The highest BCUT2D eigenvalue weighted by molar-refractivity contribution is 7.47. The molecule has 1 aromatic rings. The molecule has 0 bridgehead atoms. The van der Waals surface area contributed by atoms with Crippen molar-refractivity contribution in [3.05, 3.63) is 54.1 Å². The second-order valence-electron chi connectivity index (χ2n) is 35.4. The number of unbranched alkanes of at least 4 members (excludes halogenated alkanes) is 34. The molecule has 0 spiro atoms. The first-order valence-corrected chi connectivity index (χ1v) is 53.1. The molecule has 0 heterocycles. The maximum absolute atomic E-state index is 14.2. The minimum absolute atomic E-state index is 0.0759. The van der Waals surface area contributed by atoms with Gasteiger partial charge in [0.15, 0.2) is 0 Å². The molecular formula is C99H177N5O23P2. The van der Waals surface area contributed by atoms with E-state index in [2.05, 4.69) is 92.4 Å². The second kappa shape index (κ2) is 81.6. The Kier molecular flexibility index (Phi) is 76.6. The van der Waals surface area contributed by atoms with Gasteiger partial charge in [-0.2, -0.15) is 0 Å². The van der Waals surface area contributed by atoms with Gasteiger partial charge in [-0.3, -0.25) is 56.5 Å². The van der Waals surface area contributed by atoms with Crippen molar-refractivity contribution < 1.29 is 109 Å². The van der Waals surface area contributed by atoms with Gasteiger partial charge < -0.3 is 64.8 Å². The van der Waals surface area contributed by atoms with Crippen molar-refractivity contribution in [1.82, 2.24) is 26.6 Å². The molecule has 0 fully saturated rings. The van der Waals surface area contributed by atoms with Crippen molar-refractivity contribution in [2.75, 3.05) is 79.1 Å². The molecule has 4 unspecified atom stereocenters. The molecule has 1 rings (SSSR count). The van der Waals surface area contributed by atoms with Crippen LogP contribution in [-0.2, 0) is 95.7 Å². The number of Topliss-reactive ketones (excluding diaryl/α,β-unsaturated/α-hetero) is 2. The molecule has 30 heteroatoms. The summed E-state index contributed by atoms with van der Waals surface area (Å²) in [5, 5.41) is 13.2. The first-order chi connectivity index (χ1) is 62.2. The second-order valence-corrected chi connectivity index (χ2v) is 38.3. The van der Waals surface area contributed by atoms with Crippen LogP contribution in [0.2, 0.25) is 0 Å². The topological polar surface area (TPSA) is 381 Å². The number of hydrogen-bond donors (Lipinski definition) is 7. The highest BCUT2D eigenvalue weighted by Gasteiger charge is 2.31. The molecule has 0 aromatic heterocycles. The molecule has 7 N–H and O–H groups in total. The van der Waals surface area contributed by atoms with Crippen LogP contribution in [-0.4, -0.2) is 172 Å². The fraction of sp³-hybridized carbons (Fsp3) is 0.808. The fourth-order valence-electron chi connectivity index (χ4n) is 14.3.